The summed E-state index contributed by atoms with van der Waals surface area (Å²) < 4.78 is 10.7. The van der Waals surface area contributed by atoms with Gasteiger partial charge in [-0.15, -0.1) is 23.7 Å². The van der Waals surface area contributed by atoms with Crippen LogP contribution >= 0.6 is 23.7 Å². The van der Waals surface area contributed by atoms with Crippen molar-refractivity contribution in [3.8, 4) is 22.8 Å². The van der Waals surface area contributed by atoms with E-state index in [-0.39, 0.29) is 12.4 Å². The van der Waals surface area contributed by atoms with Gasteiger partial charge < -0.3 is 14.8 Å². The largest absolute Gasteiger partial charge is 0.454 e. The summed E-state index contributed by atoms with van der Waals surface area (Å²) >= 11 is 1.69. The molecule has 0 unspecified atom stereocenters. The molecule has 0 saturated carbocycles. The highest BCUT2D eigenvalue weighted by molar-refractivity contribution is 7.09. The normalized spacial score (nSPS) is 12.3. The van der Waals surface area contributed by atoms with Gasteiger partial charge in [-0.2, -0.15) is 0 Å². The van der Waals surface area contributed by atoms with Crippen LogP contribution in [0, 0.1) is 0 Å². The summed E-state index contributed by atoms with van der Waals surface area (Å²) in [7, 11) is 1.95. The van der Waals surface area contributed by atoms with Crippen molar-refractivity contribution < 1.29 is 9.47 Å². The van der Waals surface area contributed by atoms with Crippen molar-refractivity contribution in [2.75, 3.05) is 20.4 Å². The molecule has 0 saturated heterocycles. The van der Waals surface area contributed by atoms with E-state index in [1.807, 2.05) is 25.2 Å². The third-order valence-corrected chi connectivity index (χ3v) is 3.72. The van der Waals surface area contributed by atoms with Gasteiger partial charge >= 0.3 is 0 Å². The molecule has 0 atom stereocenters. The number of benzene rings is 1. The van der Waals surface area contributed by atoms with E-state index in [0.717, 1.165) is 40.7 Å². The molecule has 0 fully saturated rings. The lowest BCUT2D eigenvalue weighted by Crippen LogP contribution is -2.09. The molecule has 0 aliphatic carbocycles. The molecule has 2 heterocycles. The maximum absolute atomic E-state index is 5.38. The highest BCUT2D eigenvalue weighted by Gasteiger charge is 2.14. The van der Waals surface area contributed by atoms with E-state index < -0.39 is 0 Å². The average Bonchev–Trinajstić information content (AvgIpc) is 3.04. The van der Waals surface area contributed by atoms with Crippen LogP contribution < -0.4 is 14.8 Å². The quantitative estimate of drug-likeness (QED) is 0.942. The lowest BCUT2D eigenvalue weighted by Gasteiger charge is -1.99. The first-order valence-electron chi connectivity index (χ1n) is 5.86. The Morgan fingerprint density at radius 2 is 2.16 bits per heavy atom. The molecular formula is C13H15ClN2O2S. The predicted molar refractivity (Wildman–Crippen MR) is 78.6 cm³/mol. The first-order chi connectivity index (χ1) is 8.86. The van der Waals surface area contributed by atoms with Crippen molar-refractivity contribution in [1.29, 1.82) is 0 Å². The fourth-order valence-electron chi connectivity index (χ4n) is 1.85. The molecule has 2 aromatic rings. The minimum atomic E-state index is 0. The zero-order valence-corrected chi connectivity index (χ0v) is 12.1. The Labute approximate surface area is 122 Å². The van der Waals surface area contributed by atoms with Gasteiger partial charge in [0, 0.05) is 23.9 Å². The lowest BCUT2D eigenvalue weighted by atomic mass is 10.1. The lowest BCUT2D eigenvalue weighted by molar-refractivity contribution is 0.174. The van der Waals surface area contributed by atoms with E-state index in [1.165, 1.54) is 0 Å². The summed E-state index contributed by atoms with van der Waals surface area (Å²) in [4.78, 5) is 4.63. The molecule has 0 amide bonds. The van der Waals surface area contributed by atoms with E-state index in [1.54, 1.807) is 11.3 Å². The number of fused-ring (bicyclic) bond motifs is 1. The van der Waals surface area contributed by atoms with Crippen LogP contribution in [0.15, 0.2) is 23.6 Å². The van der Waals surface area contributed by atoms with Crippen LogP contribution in [0.3, 0.4) is 0 Å². The fourth-order valence-corrected chi connectivity index (χ4v) is 2.65. The number of halogens is 1. The zero-order valence-electron chi connectivity index (χ0n) is 10.5. The summed E-state index contributed by atoms with van der Waals surface area (Å²) in [6.07, 6.45) is 0.964. The van der Waals surface area contributed by atoms with Gasteiger partial charge in [-0.25, -0.2) is 4.98 Å². The molecule has 3 rings (SSSR count). The topological polar surface area (TPSA) is 43.4 Å². The van der Waals surface area contributed by atoms with E-state index in [4.69, 9.17) is 9.47 Å². The Morgan fingerprint density at radius 3 is 3.00 bits per heavy atom. The third kappa shape index (κ3) is 3.00. The molecule has 102 valence electrons. The van der Waals surface area contributed by atoms with Crippen LogP contribution in [0.25, 0.3) is 11.3 Å². The third-order valence-electron chi connectivity index (χ3n) is 2.81. The number of nitrogens with one attached hydrogen (secondary N) is 1. The molecule has 1 aromatic heterocycles. The number of thiazole rings is 1. The Hall–Kier alpha value is -1.30. The number of aromatic nitrogens is 1. The Bertz CT molecular complexity index is 559. The van der Waals surface area contributed by atoms with Crippen LogP contribution in [0.2, 0.25) is 0 Å². The van der Waals surface area contributed by atoms with Crippen molar-refractivity contribution in [2.24, 2.45) is 0 Å². The van der Waals surface area contributed by atoms with Crippen LogP contribution in [0.4, 0.5) is 0 Å². The summed E-state index contributed by atoms with van der Waals surface area (Å²) in [5.41, 5.74) is 2.08. The summed E-state index contributed by atoms with van der Waals surface area (Å²) in [6.45, 7) is 1.26. The van der Waals surface area contributed by atoms with E-state index >= 15 is 0 Å². The zero-order chi connectivity index (χ0) is 12.4. The highest BCUT2D eigenvalue weighted by atomic mass is 35.5. The van der Waals surface area contributed by atoms with Gasteiger partial charge in [-0.05, 0) is 25.2 Å². The second-order valence-corrected chi connectivity index (χ2v) is 4.99. The molecule has 0 spiro atoms. The van der Waals surface area contributed by atoms with Crippen molar-refractivity contribution in [2.45, 2.75) is 6.42 Å². The Balaban J connectivity index is 0.00000133. The number of ether oxygens (including phenoxy) is 2. The van der Waals surface area contributed by atoms with Gasteiger partial charge in [0.2, 0.25) is 6.79 Å². The van der Waals surface area contributed by atoms with Crippen molar-refractivity contribution in [3.63, 3.8) is 0 Å². The predicted octanol–water partition coefficient (Wildman–Crippen LogP) is 2.72. The first kappa shape index (κ1) is 14.1. The number of hydrogen-bond donors (Lipinski definition) is 1. The molecule has 1 aromatic carbocycles. The van der Waals surface area contributed by atoms with Crippen LogP contribution in [0.5, 0.6) is 11.5 Å². The van der Waals surface area contributed by atoms with E-state index in [0.29, 0.717) is 6.79 Å². The summed E-state index contributed by atoms with van der Waals surface area (Å²) in [5, 5.41) is 6.37. The fraction of sp³-hybridized carbons (Fsp3) is 0.308. The van der Waals surface area contributed by atoms with Gasteiger partial charge in [0.15, 0.2) is 11.5 Å². The molecule has 6 heteroatoms. The Morgan fingerprint density at radius 1 is 1.32 bits per heavy atom. The van der Waals surface area contributed by atoms with Crippen molar-refractivity contribution in [1.82, 2.24) is 10.3 Å². The van der Waals surface area contributed by atoms with E-state index in [2.05, 4.69) is 15.7 Å². The summed E-state index contributed by atoms with van der Waals surface area (Å²) in [5.74, 6) is 1.61. The molecular weight excluding hydrogens is 284 g/mol. The number of hydrogen-bond acceptors (Lipinski definition) is 5. The molecule has 1 N–H and O–H groups in total. The minimum absolute atomic E-state index is 0. The van der Waals surface area contributed by atoms with Gasteiger partial charge in [0.1, 0.15) is 0 Å². The maximum atomic E-state index is 5.38. The van der Waals surface area contributed by atoms with Gasteiger partial charge in [-0.3, -0.25) is 0 Å². The molecule has 0 radical (unpaired) electrons. The highest BCUT2D eigenvalue weighted by Crippen LogP contribution is 2.36. The molecule has 4 nitrogen and oxygen atoms in total. The average molecular weight is 299 g/mol. The Kier molecular flexibility index (Phi) is 4.63. The van der Waals surface area contributed by atoms with Crippen LogP contribution in [-0.2, 0) is 6.42 Å². The monoisotopic (exact) mass is 298 g/mol. The van der Waals surface area contributed by atoms with Gasteiger partial charge in [0.05, 0.1) is 10.7 Å². The molecule has 1 aliphatic heterocycles. The van der Waals surface area contributed by atoms with Crippen molar-refractivity contribution in [3.05, 3.63) is 28.6 Å². The van der Waals surface area contributed by atoms with Crippen LogP contribution in [-0.4, -0.2) is 25.4 Å². The standard InChI is InChI=1S/C13H14N2O2S.ClH/c1-14-5-4-13-15-10(7-18-13)9-2-3-11-12(6-9)17-8-16-11;/h2-3,6-7,14H,4-5,8H2,1H3;1H. The minimum Gasteiger partial charge on any atom is -0.454 e. The SMILES string of the molecule is CNCCc1nc(-c2ccc3c(c2)OCO3)cs1.Cl. The number of rotatable bonds is 4. The van der Waals surface area contributed by atoms with Crippen LogP contribution in [0.1, 0.15) is 5.01 Å². The molecule has 1 aliphatic rings. The van der Waals surface area contributed by atoms with Crippen molar-refractivity contribution >= 4 is 23.7 Å². The number of nitrogens with zero attached hydrogens (tertiary/aromatic N) is 1. The second-order valence-electron chi connectivity index (χ2n) is 4.05. The smallest absolute Gasteiger partial charge is 0.231 e. The van der Waals surface area contributed by atoms with E-state index in [9.17, 15) is 0 Å². The van der Waals surface area contributed by atoms with Gasteiger partial charge in [0.25, 0.3) is 0 Å². The first-order valence-corrected chi connectivity index (χ1v) is 6.74. The molecule has 19 heavy (non-hydrogen) atoms. The second kappa shape index (κ2) is 6.23. The molecule has 0 bridgehead atoms. The maximum Gasteiger partial charge on any atom is 0.231 e. The van der Waals surface area contributed by atoms with Gasteiger partial charge in [-0.1, -0.05) is 0 Å². The summed E-state index contributed by atoms with van der Waals surface area (Å²) in [6, 6.07) is 5.94. The number of likely N-dealkylation sites (N-methyl/N-ethyl adjacent to an activating group) is 1.